The van der Waals surface area contributed by atoms with Gasteiger partial charge in [-0.25, -0.2) is 4.79 Å². The second-order valence-corrected chi connectivity index (χ2v) is 13.5. The highest BCUT2D eigenvalue weighted by atomic mass is 28.4. The minimum absolute atomic E-state index is 0.225. The van der Waals surface area contributed by atoms with Gasteiger partial charge in [0.2, 0.25) is 5.79 Å². The van der Waals surface area contributed by atoms with Crippen LogP contribution in [0, 0.1) is 0 Å². The van der Waals surface area contributed by atoms with Crippen LogP contribution in [0.2, 0.25) is 5.04 Å². The summed E-state index contributed by atoms with van der Waals surface area (Å²) in [6, 6.07) is 26.1. The van der Waals surface area contributed by atoms with Crippen molar-refractivity contribution in [1.29, 1.82) is 0 Å². The van der Waals surface area contributed by atoms with Gasteiger partial charge >= 0.3 is 14.3 Å². The highest BCUT2D eigenvalue weighted by Gasteiger charge is 2.53. The molecule has 0 aromatic heterocycles. The summed E-state index contributed by atoms with van der Waals surface area (Å²) < 4.78 is 18.5. The first-order valence-corrected chi connectivity index (χ1v) is 12.4. The molecular formula is C26H28O4Si. The van der Waals surface area contributed by atoms with Crippen molar-refractivity contribution in [3.63, 3.8) is 0 Å². The first-order valence-electron chi connectivity index (χ1n) is 10.5. The lowest BCUT2D eigenvalue weighted by Crippen LogP contribution is -2.69. The van der Waals surface area contributed by atoms with Crippen molar-refractivity contribution in [2.24, 2.45) is 0 Å². The Morgan fingerprint density at radius 3 is 1.84 bits per heavy atom. The van der Waals surface area contributed by atoms with E-state index in [4.69, 9.17) is 13.9 Å². The standard InChI is InChI=1S/C26H28O4Si/c1-25(2,3)31(19-13-8-6-9-14-19,20-15-10-7-11-16-20)30-22-18-12-17-21-23(22)24(27)29-26(4,5)28-21/h6-18H,1-5H3. The summed E-state index contributed by atoms with van der Waals surface area (Å²) in [7, 11) is -2.88. The Kier molecular flexibility index (Phi) is 5.18. The molecule has 0 spiro atoms. The number of cyclic esters (lactones) is 1. The largest absolute Gasteiger partial charge is 0.533 e. The summed E-state index contributed by atoms with van der Waals surface area (Å²) in [5.41, 5.74) is 0.342. The molecule has 0 unspecified atom stereocenters. The van der Waals surface area contributed by atoms with Gasteiger partial charge < -0.3 is 13.9 Å². The predicted octanol–water partition coefficient (Wildman–Crippen LogP) is 4.91. The molecule has 0 atom stereocenters. The van der Waals surface area contributed by atoms with Crippen LogP contribution < -0.4 is 19.5 Å². The van der Waals surface area contributed by atoms with Gasteiger partial charge in [0.05, 0.1) is 0 Å². The number of carbonyl (C=O) groups excluding carboxylic acids is 1. The van der Waals surface area contributed by atoms with E-state index in [2.05, 4.69) is 45.0 Å². The normalized spacial score (nSPS) is 15.5. The Labute approximate surface area is 184 Å². The number of carbonyl (C=O) groups is 1. The predicted molar refractivity (Wildman–Crippen MR) is 125 cm³/mol. The molecule has 0 radical (unpaired) electrons. The van der Waals surface area contributed by atoms with Gasteiger partial charge in [-0.2, -0.15) is 0 Å². The molecule has 1 aliphatic rings. The smallest absolute Gasteiger partial charge is 0.348 e. The van der Waals surface area contributed by atoms with E-state index in [1.54, 1.807) is 19.9 Å². The van der Waals surface area contributed by atoms with Gasteiger partial charge in [0, 0.05) is 13.8 Å². The van der Waals surface area contributed by atoms with Crippen LogP contribution in [0.1, 0.15) is 45.0 Å². The second-order valence-electron chi connectivity index (χ2n) is 9.29. The Bertz CT molecular complexity index is 1050. The highest BCUT2D eigenvalue weighted by Crippen LogP contribution is 2.42. The van der Waals surface area contributed by atoms with Crippen molar-refractivity contribution in [2.75, 3.05) is 0 Å². The number of rotatable bonds is 4. The topological polar surface area (TPSA) is 44.8 Å². The molecule has 0 aliphatic carbocycles. The summed E-state index contributed by atoms with van der Waals surface area (Å²) in [5, 5.41) is 2.05. The summed E-state index contributed by atoms with van der Waals surface area (Å²) >= 11 is 0. The first kappa shape index (κ1) is 21.2. The Morgan fingerprint density at radius 1 is 0.774 bits per heavy atom. The third kappa shape index (κ3) is 3.74. The molecule has 0 saturated carbocycles. The Hall–Kier alpha value is -3.05. The first-order chi connectivity index (χ1) is 14.6. The van der Waals surface area contributed by atoms with Crippen LogP contribution in [0.5, 0.6) is 11.5 Å². The summed E-state index contributed by atoms with van der Waals surface area (Å²) in [4.78, 5) is 13.0. The molecule has 0 bridgehead atoms. The Morgan fingerprint density at radius 2 is 1.32 bits per heavy atom. The van der Waals surface area contributed by atoms with Gasteiger partial charge in [0.1, 0.15) is 17.1 Å². The van der Waals surface area contributed by atoms with E-state index in [-0.39, 0.29) is 5.04 Å². The molecule has 160 valence electrons. The van der Waals surface area contributed by atoms with Gasteiger partial charge in [-0.05, 0) is 27.5 Å². The lowest BCUT2D eigenvalue weighted by molar-refractivity contribution is -0.127. The molecule has 0 saturated heterocycles. The molecule has 4 rings (SSSR count). The number of hydrogen-bond donors (Lipinski definition) is 0. The van der Waals surface area contributed by atoms with E-state index < -0.39 is 20.1 Å². The van der Waals surface area contributed by atoms with Crippen molar-refractivity contribution in [2.45, 2.75) is 45.4 Å². The molecule has 31 heavy (non-hydrogen) atoms. The number of esters is 1. The van der Waals surface area contributed by atoms with E-state index in [1.165, 1.54) is 0 Å². The van der Waals surface area contributed by atoms with Gasteiger partial charge in [0.15, 0.2) is 0 Å². The zero-order valence-corrected chi connectivity index (χ0v) is 19.6. The maximum absolute atomic E-state index is 13.0. The van der Waals surface area contributed by atoms with Gasteiger partial charge in [0.25, 0.3) is 0 Å². The molecule has 5 heteroatoms. The number of fused-ring (bicyclic) bond motifs is 1. The number of ether oxygens (including phenoxy) is 2. The fourth-order valence-electron chi connectivity index (χ4n) is 4.26. The third-order valence-electron chi connectivity index (χ3n) is 5.57. The summed E-state index contributed by atoms with van der Waals surface area (Å²) in [6.45, 7) is 10.1. The van der Waals surface area contributed by atoms with Gasteiger partial charge in [-0.1, -0.05) is 87.5 Å². The van der Waals surface area contributed by atoms with Crippen molar-refractivity contribution in [3.8, 4) is 11.5 Å². The maximum Gasteiger partial charge on any atom is 0.348 e. The average molecular weight is 433 g/mol. The summed E-state index contributed by atoms with van der Waals surface area (Å²) in [5.74, 6) is -0.469. The molecule has 0 amide bonds. The van der Waals surface area contributed by atoms with Crippen LogP contribution in [-0.2, 0) is 4.74 Å². The molecular weight excluding hydrogens is 404 g/mol. The highest BCUT2D eigenvalue weighted by molar-refractivity contribution is 7.00. The van der Waals surface area contributed by atoms with Crippen LogP contribution in [0.4, 0.5) is 0 Å². The van der Waals surface area contributed by atoms with Crippen LogP contribution in [0.15, 0.2) is 78.9 Å². The van der Waals surface area contributed by atoms with Crippen LogP contribution in [-0.4, -0.2) is 20.1 Å². The number of benzene rings is 3. The van der Waals surface area contributed by atoms with E-state index in [0.717, 1.165) is 10.4 Å². The van der Waals surface area contributed by atoms with Gasteiger partial charge in [-0.3, -0.25) is 0 Å². The Balaban J connectivity index is 1.95. The lowest BCUT2D eigenvalue weighted by Gasteiger charge is -2.43. The van der Waals surface area contributed by atoms with E-state index in [9.17, 15) is 4.79 Å². The molecule has 3 aromatic carbocycles. The van der Waals surface area contributed by atoms with Crippen LogP contribution >= 0.6 is 0 Å². The quantitative estimate of drug-likeness (QED) is 0.434. The van der Waals surface area contributed by atoms with Gasteiger partial charge in [-0.15, -0.1) is 0 Å². The van der Waals surface area contributed by atoms with Crippen LogP contribution in [0.25, 0.3) is 0 Å². The average Bonchev–Trinajstić information content (AvgIpc) is 2.71. The molecule has 0 N–H and O–H groups in total. The van der Waals surface area contributed by atoms with Crippen molar-refractivity contribution in [1.82, 2.24) is 0 Å². The molecule has 1 aliphatic heterocycles. The van der Waals surface area contributed by atoms with E-state index in [1.807, 2.05) is 48.5 Å². The SMILES string of the molecule is CC1(C)OC(=O)c2c(cccc2O[Si](c2ccccc2)(c2ccccc2)C(C)(C)C)O1. The molecule has 1 heterocycles. The van der Waals surface area contributed by atoms with Crippen LogP contribution in [0.3, 0.4) is 0 Å². The van der Waals surface area contributed by atoms with Crippen molar-refractivity contribution >= 4 is 24.7 Å². The minimum Gasteiger partial charge on any atom is -0.533 e. The van der Waals surface area contributed by atoms with Crippen molar-refractivity contribution < 1.29 is 18.7 Å². The second kappa shape index (κ2) is 7.57. The van der Waals surface area contributed by atoms with Crippen molar-refractivity contribution in [3.05, 3.63) is 84.4 Å². The molecule has 4 nitrogen and oxygen atoms in total. The molecule has 3 aromatic rings. The maximum atomic E-state index is 13.0. The van der Waals surface area contributed by atoms with E-state index >= 15 is 0 Å². The minimum atomic E-state index is -2.88. The zero-order valence-electron chi connectivity index (χ0n) is 18.6. The third-order valence-corrected chi connectivity index (χ3v) is 10.5. The summed E-state index contributed by atoms with van der Waals surface area (Å²) in [6.07, 6.45) is 0. The van der Waals surface area contributed by atoms with E-state index in [0.29, 0.717) is 17.1 Å². The monoisotopic (exact) mass is 432 g/mol. The fourth-order valence-corrected chi connectivity index (χ4v) is 8.69. The zero-order chi connectivity index (χ0) is 22.3. The fraction of sp³-hybridized carbons (Fsp3) is 0.269. The number of hydrogen-bond acceptors (Lipinski definition) is 4. The lowest BCUT2D eigenvalue weighted by atomic mass is 10.1. The molecule has 0 fully saturated rings.